The maximum Gasteiger partial charge on any atom is 0.418 e. The van der Waals surface area contributed by atoms with Crippen molar-refractivity contribution in [3.63, 3.8) is 0 Å². The minimum absolute atomic E-state index is 0.0551. The smallest absolute Gasteiger partial charge is 0.418 e. The van der Waals surface area contributed by atoms with Crippen molar-refractivity contribution in [2.75, 3.05) is 7.11 Å². The number of ether oxygens (including phenoxy) is 1. The first kappa shape index (κ1) is 39.5. The number of aryl methyl sites for hydroxylation is 1. The molecule has 0 fully saturated rings. The Hall–Kier alpha value is -5.24. The Kier molecular flexibility index (Phi) is 11.4. The third-order valence-electron chi connectivity index (χ3n) is 10.1. The lowest BCUT2D eigenvalue weighted by Crippen LogP contribution is -2.65. The molecule has 0 saturated carbocycles. The van der Waals surface area contributed by atoms with Gasteiger partial charge in [0.1, 0.15) is 28.2 Å². The van der Waals surface area contributed by atoms with Gasteiger partial charge in [-0.15, -0.1) is 11.3 Å². The largest absolute Gasteiger partial charge is 0.497 e. The van der Waals surface area contributed by atoms with Crippen LogP contribution in [-0.4, -0.2) is 46.4 Å². The summed E-state index contributed by atoms with van der Waals surface area (Å²) >= 11 is 1.38. The molecule has 6 rings (SSSR count). The topological polar surface area (TPSA) is 125 Å². The Labute approximate surface area is 320 Å². The number of hydrogen-bond acceptors (Lipinski definition) is 6. The number of aromatic amines is 1. The summed E-state index contributed by atoms with van der Waals surface area (Å²) in [6, 6.07) is 15.5. The van der Waals surface area contributed by atoms with Gasteiger partial charge in [0.15, 0.2) is 0 Å². The number of amides is 3. The number of alkyl halides is 3. The maximum absolute atomic E-state index is 14.8. The summed E-state index contributed by atoms with van der Waals surface area (Å²) in [5, 5.41) is 11.7. The number of halogens is 4. The molecule has 55 heavy (non-hydrogen) atoms. The molecule has 0 aliphatic heterocycles. The Bertz CT molecular complexity index is 2200. The van der Waals surface area contributed by atoms with Gasteiger partial charge < -0.3 is 25.7 Å². The highest BCUT2D eigenvalue weighted by atomic mass is 32.1. The van der Waals surface area contributed by atoms with E-state index in [4.69, 9.17) is 9.72 Å². The molecule has 3 aromatic carbocycles. The van der Waals surface area contributed by atoms with Crippen LogP contribution in [0.25, 0.3) is 22.2 Å². The summed E-state index contributed by atoms with van der Waals surface area (Å²) in [7, 11) is 1.58. The Morgan fingerprint density at radius 1 is 0.964 bits per heavy atom. The second-order valence-corrected chi connectivity index (χ2v) is 15.5. The summed E-state index contributed by atoms with van der Waals surface area (Å²) in [4.78, 5) is 50.0. The molecule has 5 aromatic rings. The summed E-state index contributed by atoms with van der Waals surface area (Å²) in [6.07, 6.45) is -4.83. The van der Waals surface area contributed by atoms with Crippen molar-refractivity contribution in [3.05, 3.63) is 105 Å². The SMILES string of the molecule is COc1ccc(-c2csc([C@@H](NC(=O)[C@@]3(NC(=O)[C@@H](NC(=O)Cc4ccccc4F)C(C)C)CCc4[nH]c5c(C(F)(F)F)cccc5c4C3)C(C)C)n2)cc1. The van der Waals surface area contributed by atoms with Crippen LogP contribution in [0.15, 0.2) is 72.1 Å². The highest BCUT2D eigenvalue weighted by molar-refractivity contribution is 7.10. The van der Waals surface area contributed by atoms with Crippen LogP contribution in [0.2, 0.25) is 0 Å². The van der Waals surface area contributed by atoms with Gasteiger partial charge in [-0.2, -0.15) is 13.2 Å². The fraction of sp³-hybridized carbons (Fsp3) is 0.366. The van der Waals surface area contributed by atoms with Crippen molar-refractivity contribution >= 4 is 40.0 Å². The minimum atomic E-state index is -4.62. The van der Waals surface area contributed by atoms with E-state index in [0.29, 0.717) is 33.1 Å². The maximum atomic E-state index is 14.8. The number of carbonyl (C=O) groups is 3. The standard InChI is InChI=1S/C41H43F4N5O4S/c1-22(2)34(48-33(51)19-25-9-6-7-12-30(25)42)37(52)50-40(18-17-31-28(20-40)27-10-8-11-29(36(27)46-31)41(43,44)45)39(53)49-35(23(3)4)38-47-32(21-55-38)24-13-15-26(54-5)16-14-24/h6-16,21-23,34-35,46H,17-20H2,1-5H3,(H,48,51)(H,49,53)(H,50,52)/t34-,35-,40+/m0/s1. The molecule has 3 atom stereocenters. The molecular weight excluding hydrogens is 735 g/mol. The zero-order valence-electron chi connectivity index (χ0n) is 31.1. The second kappa shape index (κ2) is 15.9. The number of methoxy groups -OCH3 is 1. The van der Waals surface area contributed by atoms with Crippen LogP contribution in [0.4, 0.5) is 17.6 Å². The van der Waals surface area contributed by atoms with E-state index >= 15 is 0 Å². The second-order valence-electron chi connectivity index (χ2n) is 14.6. The van der Waals surface area contributed by atoms with Crippen molar-refractivity contribution in [2.45, 2.75) is 77.2 Å². The van der Waals surface area contributed by atoms with Gasteiger partial charge in [-0.3, -0.25) is 14.4 Å². The first-order chi connectivity index (χ1) is 26.1. The number of nitrogens with one attached hydrogen (secondary N) is 4. The van der Waals surface area contributed by atoms with Crippen LogP contribution < -0.4 is 20.7 Å². The van der Waals surface area contributed by atoms with Gasteiger partial charge >= 0.3 is 6.18 Å². The van der Waals surface area contributed by atoms with Crippen LogP contribution in [0, 0.1) is 17.7 Å². The van der Waals surface area contributed by atoms with E-state index in [1.807, 2.05) is 43.5 Å². The molecule has 0 radical (unpaired) electrons. The molecule has 2 aromatic heterocycles. The van der Waals surface area contributed by atoms with Crippen molar-refractivity contribution in [2.24, 2.45) is 11.8 Å². The molecular formula is C41H43F4N5O4S. The molecule has 290 valence electrons. The van der Waals surface area contributed by atoms with Crippen LogP contribution in [0.1, 0.15) is 67.5 Å². The number of hydrogen-bond donors (Lipinski definition) is 4. The number of thiazole rings is 1. The van der Waals surface area contributed by atoms with Crippen molar-refractivity contribution in [3.8, 4) is 17.0 Å². The first-order valence-corrected chi connectivity index (χ1v) is 18.9. The quantitative estimate of drug-likeness (QED) is 0.0968. The van der Waals surface area contributed by atoms with Crippen LogP contribution in [-0.2, 0) is 39.8 Å². The summed E-state index contributed by atoms with van der Waals surface area (Å²) in [5.74, 6) is -2.22. The summed E-state index contributed by atoms with van der Waals surface area (Å²) < 4.78 is 61.9. The number of para-hydroxylation sites is 1. The van der Waals surface area contributed by atoms with Gasteiger partial charge in [-0.25, -0.2) is 9.37 Å². The van der Waals surface area contributed by atoms with Crippen molar-refractivity contribution in [1.29, 1.82) is 0 Å². The number of rotatable bonds is 12. The Balaban J connectivity index is 1.34. The fourth-order valence-electron chi connectivity index (χ4n) is 7.07. The molecule has 0 saturated heterocycles. The lowest BCUT2D eigenvalue weighted by molar-refractivity contribution is -0.137. The summed E-state index contributed by atoms with van der Waals surface area (Å²) in [6.45, 7) is 7.33. The van der Waals surface area contributed by atoms with Crippen LogP contribution in [0.3, 0.4) is 0 Å². The van der Waals surface area contributed by atoms with Crippen molar-refractivity contribution < 1.29 is 36.7 Å². The normalized spacial score (nSPS) is 16.8. The first-order valence-electron chi connectivity index (χ1n) is 18.1. The molecule has 0 spiro atoms. The zero-order chi connectivity index (χ0) is 39.7. The number of aromatic nitrogens is 2. The third-order valence-corrected chi connectivity index (χ3v) is 11.0. The highest BCUT2D eigenvalue weighted by Crippen LogP contribution is 2.41. The fourth-order valence-corrected chi connectivity index (χ4v) is 8.12. The van der Waals surface area contributed by atoms with Gasteiger partial charge in [0, 0.05) is 28.4 Å². The van der Waals surface area contributed by atoms with E-state index in [0.717, 1.165) is 11.6 Å². The molecule has 14 heteroatoms. The molecule has 4 N–H and O–H groups in total. The van der Waals surface area contributed by atoms with Gasteiger partial charge in [0.25, 0.3) is 0 Å². The zero-order valence-corrected chi connectivity index (χ0v) is 31.9. The molecule has 1 aliphatic rings. The molecule has 1 aliphatic carbocycles. The lowest BCUT2D eigenvalue weighted by atomic mass is 9.78. The van der Waals surface area contributed by atoms with Crippen molar-refractivity contribution in [1.82, 2.24) is 25.9 Å². The monoisotopic (exact) mass is 777 g/mol. The molecule has 0 bridgehead atoms. The molecule has 0 unspecified atom stereocenters. The minimum Gasteiger partial charge on any atom is -0.497 e. The van der Waals surface area contributed by atoms with Crippen LogP contribution >= 0.6 is 11.3 Å². The Morgan fingerprint density at radius 2 is 1.69 bits per heavy atom. The van der Waals surface area contributed by atoms with Crippen LogP contribution in [0.5, 0.6) is 5.75 Å². The number of H-pyrrole nitrogens is 1. The van der Waals surface area contributed by atoms with Gasteiger partial charge in [-0.05, 0) is 72.2 Å². The third kappa shape index (κ3) is 8.38. The summed E-state index contributed by atoms with van der Waals surface area (Å²) in [5.41, 5.74) is 0.225. The van der Waals surface area contributed by atoms with Gasteiger partial charge in [-0.1, -0.05) is 58.0 Å². The molecule has 2 heterocycles. The van der Waals surface area contributed by atoms with Gasteiger partial charge in [0.2, 0.25) is 17.7 Å². The van der Waals surface area contributed by atoms with E-state index < -0.39 is 58.8 Å². The number of fused-ring (bicyclic) bond motifs is 3. The Morgan fingerprint density at radius 3 is 2.35 bits per heavy atom. The van der Waals surface area contributed by atoms with E-state index in [-0.39, 0.29) is 42.7 Å². The number of nitrogens with zero attached hydrogens (tertiary/aromatic N) is 1. The van der Waals surface area contributed by atoms with E-state index in [2.05, 4.69) is 20.9 Å². The average Bonchev–Trinajstić information content (AvgIpc) is 3.78. The highest BCUT2D eigenvalue weighted by Gasteiger charge is 2.47. The number of carbonyl (C=O) groups excluding carboxylic acids is 3. The predicted molar refractivity (Wildman–Crippen MR) is 203 cm³/mol. The predicted octanol–water partition coefficient (Wildman–Crippen LogP) is 7.70. The molecule has 9 nitrogen and oxygen atoms in total. The average molecular weight is 778 g/mol. The lowest BCUT2D eigenvalue weighted by Gasteiger charge is -2.39. The van der Waals surface area contributed by atoms with E-state index in [9.17, 15) is 31.9 Å². The molecule has 3 amide bonds. The van der Waals surface area contributed by atoms with E-state index in [1.54, 1.807) is 33.1 Å². The van der Waals surface area contributed by atoms with Gasteiger partial charge in [0.05, 0.1) is 36.3 Å². The number of benzene rings is 3. The van der Waals surface area contributed by atoms with E-state index in [1.165, 1.54) is 35.6 Å².